The molecule has 0 radical (unpaired) electrons. The molecule has 1 aliphatic heterocycles. The van der Waals surface area contributed by atoms with Crippen LogP contribution in [0.2, 0.25) is 0 Å². The van der Waals surface area contributed by atoms with E-state index in [-0.39, 0.29) is 0 Å². The second-order valence-corrected chi connectivity index (χ2v) is 5.02. The van der Waals surface area contributed by atoms with Crippen molar-refractivity contribution in [2.75, 3.05) is 14.2 Å². The van der Waals surface area contributed by atoms with Gasteiger partial charge in [0.1, 0.15) is 12.2 Å². The molecule has 8 heteroatoms. The number of carbonyl (C=O) groups excluding carboxylic acids is 2. The van der Waals surface area contributed by atoms with Crippen molar-refractivity contribution in [2.45, 2.75) is 30.6 Å². The average Bonchev–Trinajstić information content (AvgIpc) is 2.87. The standard InChI is InChI=1S/C15H19NO7/c1-21-14(20)9(8-6-4-3-5-7-8)16-13(19)12-10(17)11(18)15(22-2)23-12/h3-7,9-12,15,17-18H,1-2H3,(H,16,19)/t9-,10-,11+,12-,15+/m0/s1. The molecule has 0 bridgehead atoms. The molecule has 126 valence electrons. The van der Waals surface area contributed by atoms with Gasteiger partial charge in [0.25, 0.3) is 5.91 Å². The predicted molar refractivity (Wildman–Crippen MR) is 77.0 cm³/mol. The summed E-state index contributed by atoms with van der Waals surface area (Å²) in [4.78, 5) is 24.2. The highest BCUT2D eigenvalue weighted by Crippen LogP contribution is 2.23. The fraction of sp³-hybridized carbons (Fsp3) is 0.467. The molecule has 5 atom stereocenters. The molecule has 8 nitrogen and oxygen atoms in total. The molecule has 1 heterocycles. The smallest absolute Gasteiger partial charge is 0.333 e. The predicted octanol–water partition coefficient (Wildman–Crippen LogP) is -0.890. The normalized spacial score (nSPS) is 28.2. The van der Waals surface area contributed by atoms with Crippen LogP contribution < -0.4 is 5.32 Å². The maximum Gasteiger partial charge on any atom is 0.333 e. The maximum atomic E-state index is 12.3. The van der Waals surface area contributed by atoms with Crippen molar-refractivity contribution in [3.63, 3.8) is 0 Å². The molecule has 0 aliphatic carbocycles. The average molecular weight is 325 g/mol. The van der Waals surface area contributed by atoms with E-state index in [1.807, 2.05) is 0 Å². The molecular weight excluding hydrogens is 306 g/mol. The number of hydrogen-bond acceptors (Lipinski definition) is 7. The first kappa shape index (κ1) is 17.4. The summed E-state index contributed by atoms with van der Waals surface area (Å²) >= 11 is 0. The van der Waals surface area contributed by atoms with Crippen LogP contribution in [0.5, 0.6) is 0 Å². The second kappa shape index (κ2) is 7.51. The number of esters is 1. The molecule has 0 spiro atoms. The van der Waals surface area contributed by atoms with Crippen molar-refractivity contribution in [3.8, 4) is 0 Å². The van der Waals surface area contributed by atoms with Crippen LogP contribution in [0.3, 0.4) is 0 Å². The van der Waals surface area contributed by atoms with Crippen molar-refractivity contribution in [3.05, 3.63) is 35.9 Å². The lowest BCUT2D eigenvalue weighted by Crippen LogP contribution is -2.45. The van der Waals surface area contributed by atoms with Crippen LogP contribution in [0.1, 0.15) is 11.6 Å². The third-order valence-electron chi connectivity index (χ3n) is 3.57. The van der Waals surface area contributed by atoms with Gasteiger partial charge in [-0.15, -0.1) is 0 Å². The third kappa shape index (κ3) is 3.67. The first-order chi connectivity index (χ1) is 11.0. The number of nitrogens with one attached hydrogen (secondary N) is 1. The van der Waals surface area contributed by atoms with Crippen molar-refractivity contribution in [1.82, 2.24) is 5.32 Å². The highest BCUT2D eigenvalue weighted by atomic mass is 16.7. The Morgan fingerprint density at radius 3 is 2.35 bits per heavy atom. The van der Waals surface area contributed by atoms with E-state index in [2.05, 4.69) is 10.1 Å². The number of hydrogen-bond donors (Lipinski definition) is 3. The van der Waals surface area contributed by atoms with Crippen LogP contribution in [-0.4, -0.2) is 60.9 Å². The van der Waals surface area contributed by atoms with Gasteiger partial charge in [0.15, 0.2) is 18.4 Å². The summed E-state index contributed by atoms with van der Waals surface area (Å²) in [6, 6.07) is 7.44. The Morgan fingerprint density at radius 2 is 1.83 bits per heavy atom. The summed E-state index contributed by atoms with van der Waals surface area (Å²) < 4.78 is 14.7. The number of amides is 1. The second-order valence-electron chi connectivity index (χ2n) is 5.02. The molecule has 1 aromatic carbocycles. The quantitative estimate of drug-likeness (QED) is 0.602. The van der Waals surface area contributed by atoms with Crippen LogP contribution in [0.25, 0.3) is 0 Å². The molecule has 1 aliphatic rings. The topological polar surface area (TPSA) is 114 Å². The zero-order valence-electron chi connectivity index (χ0n) is 12.7. The van der Waals surface area contributed by atoms with Crippen LogP contribution in [-0.2, 0) is 23.8 Å². The molecule has 1 saturated heterocycles. The first-order valence-corrected chi connectivity index (χ1v) is 6.97. The number of ether oxygens (including phenoxy) is 3. The van der Waals surface area contributed by atoms with E-state index in [0.717, 1.165) is 0 Å². The van der Waals surface area contributed by atoms with Crippen molar-refractivity contribution < 1.29 is 34.0 Å². The maximum absolute atomic E-state index is 12.3. The van der Waals surface area contributed by atoms with Gasteiger partial charge in [-0.3, -0.25) is 4.79 Å². The lowest BCUT2D eigenvalue weighted by Gasteiger charge is -2.20. The summed E-state index contributed by atoms with van der Waals surface area (Å²) in [6.45, 7) is 0. The Balaban J connectivity index is 2.14. The summed E-state index contributed by atoms with van der Waals surface area (Å²) in [5, 5.41) is 22.0. The Morgan fingerprint density at radius 1 is 1.17 bits per heavy atom. The summed E-state index contributed by atoms with van der Waals surface area (Å²) in [6.07, 6.45) is -5.29. The SMILES string of the molecule is COC(=O)[C@@H](NC(=O)[C@H]1O[C@@H](OC)[C@H](O)[C@@H]1O)c1ccccc1. The monoisotopic (exact) mass is 325 g/mol. The van der Waals surface area contributed by atoms with E-state index >= 15 is 0 Å². The molecule has 1 fully saturated rings. The minimum Gasteiger partial charge on any atom is -0.467 e. The van der Waals surface area contributed by atoms with Gasteiger partial charge in [0.05, 0.1) is 7.11 Å². The Labute approximate surface area is 133 Å². The van der Waals surface area contributed by atoms with Gasteiger partial charge in [-0.25, -0.2) is 4.79 Å². The van der Waals surface area contributed by atoms with E-state index in [9.17, 15) is 19.8 Å². The summed E-state index contributed by atoms with van der Waals surface area (Å²) in [5.74, 6) is -1.42. The Kier molecular flexibility index (Phi) is 5.67. The number of methoxy groups -OCH3 is 2. The minimum atomic E-state index is -1.46. The summed E-state index contributed by atoms with van der Waals surface area (Å²) in [7, 11) is 2.48. The highest BCUT2D eigenvalue weighted by Gasteiger charge is 2.47. The van der Waals surface area contributed by atoms with Crippen molar-refractivity contribution in [2.24, 2.45) is 0 Å². The number of benzene rings is 1. The largest absolute Gasteiger partial charge is 0.467 e. The lowest BCUT2D eigenvalue weighted by atomic mass is 10.1. The van der Waals surface area contributed by atoms with E-state index in [4.69, 9.17) is 9.47 Å². The van der Waals surface area contributed by atoms with Crippen LogP contribution in [0.15, 0.2) is 30.3 Å². The molecular formula is C15H19NO7. The number of rotatable bonds is 5. The molecule has 3 N–H and O–H groups in total. The van der Waals surface area contributed by atoms with Crippen molar-refractivity contribution in [1.29, 1.82) is 0 Å². The van der Waals surface area contributed by atoms with Gasteiger partial charge in [0, 0.05) is 7.11 Å². The van der Waals surface area contributed by atoms with Crippen LogP contribution in [0.4, 0.5) is 0 Å². The number of aliphatic hydroxyl groups excluding tert-OH is 2. The fourth-order valence-corrected chi connectivity index (χ4v) is 2.32. The van der Waals surface area contributed by atoms with E-state index < -0.39 is 42.5 Å². The Bertz CT molecular complexity index is 550. The molecule has 23 heavy (non-hydrogen) atoms. The van der Waals surface area contributed by atoms with Gasteiger partial charge in [-0.1, -0.05) is 30.3 Å². The van der Waals surface area contributed by atoms with Crippen molar-refractivity contribution >= 4 is 11.9 Å². The minimum absolute atomic E-state index is 0.518. The zero-order chi connectivity index (χ0) is 17.0. The lowest BCUT2D eigenvalue weighted by molar-refractivity contribution is -0.162. The molecule has 0 aromatic heterocycles. The molecule has 1 aromatic rings. The van der Waals surface area contributed by atoms with Gasteiger partial charge in [0.2, 0.25) is 0 Å². The van der Waals surface area contributed by atoms with Crippen LogP contribution in [0, 0.1) is 0 Å². The van der Waals surface area contributed by atoms with Crippen LogP contribution >= 0.6 is 0 Å². The highest BCUT2D eigenvalue weighted by molar-refractivity contribution is 5.88. The molecule has 1 amide bonds. The van der Waals surface area contributed by atoms with Gasteiger partial charge >= 0.3 is 5.97 Å². The molecule has 0 saturated carbocycles. The number of carbonyl (C=O) groups is 2. The fourth-order valence-electron chi connectivity index (χ4n) is 2.32. The van der Waals surface area contributed by atoms with E-state index in [0.29, 0.717) is 5.56 Å². The third-order valence-corrected chi connectivity index (χ3v) is 3.57. The number of aliphatic hydroxyl groups is 2. The van der Waals surface area contributed by atoms with Gasteiger partial charge < -0.3 is 29.7 Å². The van der Waals surface area contributed by atoms with Gasteiger partial charge in [-0.05, 0) is 5.56 Å². The zero-order valence-corrected chi connectivity index (χ0v) is 12.7. The first-order valence-electron chi connectivity index (χ1n) is 6.97. The van der Waals surface area contributed by atoms with E-state index in [1.165, 1.54) is 14.2 Å². The van der Waals surface area contributed by atoms with E-state index in [1.54, 1.807) is 30.3 Å². The summed E-state index contributed by atoms with van der Waals surface area (Å²) in [5.41, 5.74) is 0.518. The molecule has 0 unspecified atom stereocenters. The molecule has 2 rings (SSSR count). The van der Waals surface area contributed by atoms with Gasteiger partial charge in [-0.2, -0.15) is 0 Å². The Hall–Kier alpha value is -2.00.